The zero-order chi connectivity index (χ0) is 22.0. The Balaban J connectivity index is 1.78. The topological polar surface area (TPSA) is 102 Å². The van der Waals surface area contributed by atoms with E-state index in [4.69, 9.17) is 9.84 Å². The van der Waals surface area contributed by atoms with E-state index in [0.29, 0.717) is 29.4 Å². The first-order chi connectivity index (χ1) is 15.0. The molecule has 3 aromatic rings. The summed E-state index contributed by atoms with van der Waals surface area (Å²) in [6, 6.07) is 5.99. The highest BCUT2D eigenvalue weighted by atomic mass is 16.5. The van der Waals surface area contributed by atoms with Crippen LogP contribution in [0.1, 0.15) is 36.5 Å². The van der Waals surface area contributed by atoms with Gasteiger partial charge in [0.25, 0.3) is 5.56 Å². The molecule has 0 saturated carbocycles. The van der Waals surface area contributed by atoms with Gasteiger partial charge in [-0.2, -0.15) is 9.97 Å². The fourth-order valence-corrected chi connectivity index (χ4v) is 3.63. The first-order valence-electron chi connectivity index (χ1n) is 10.1. The van der Waals surface area contributed by atoms with Crippen LogP contribution in [-0.4, -0.2) is 43.3 Å². The summed E-state index contributed by atoms with van der Waals surface area (Å²) < 4.78 is 8.93. The Kier molecular flexibility index (Phi) is 5.62. The molecule has 0 spiro atoms. The molecule has 1 aromatic carbocycles. The monoisotopic (exact) mass is 421 g/mol. The second-order valence-corrected chi connectivity index (χ2v) is 7.33. The number of piperidine rings is 1. The van der Waals surface area contributed by atoms with E-state index in [-0.39, 0.29) is 17.1 Å². The van der Waals surface area contributed by atoms with E-state index in [1.807, 2.05) is 4.57 Å². The summed E-state index contributed by atoms with van der Waals surface area (Å²) in [5.74, 6) is 5.96. The second kappa shape index (κ2) is 8.52. The average molecular weight is 421 g/mol. The van der Waals surface area contributed by atoms with Crippen molar-refractivity contribution in [3.8, 4) is 23.6 Å². The number of imidazole rings is 1. The molecular formula is C22H23N5O4. The number of benzene rings is 1. The Morgan fingerprint density at radius 2 is 1.87 bits per heavy atom. The molecule has 0 bridgehead atoms. The number of carboxylic acids is 1. The van der Waals surface area contributed by atoms with Crippen molar-refractivity contribution in [1.82, 2.24) is 19.1 Å². The molecule has 0 aliphatic carbocycles. The van der Waals surface area contributed by atoms with E-state index < -0.39 is 5.97 Å². The minimum Gasteiger partial charge on any atom is -0.478 e. The largest absolute Gasteiger partial charge is 0.478 e. The van der Waals surface area contributed by atoms with Crippen LogP contribution in [0.5, 0.6) is 11.8 Å². The standard InChI is InChI=1S/C22H23N5O4/c1-3-4-14-27-17-18(23-21(27)26-12-6-5-7-13-26)24-22(25(2)19(17)28)31-16-10-8-15(9-11-16)20(29)30/h8-11H,5-7,12-14H2,1-2H3,(H,29,30). The molecule has 9 heteroatoms. The minimum atomic E-state index is -1.02. The van der Waals surface area contributed by atoms with Gasteiger partial charge in [-0.15, -0.1) is 5.92 Å². The summed E-state index contributed by atoms with van der Waals surface area (Å²) in [7, 11) is 1.58. The van der Waals surface area contributed by atoms with Gasteiger partial charge in [0.05, 0.1) is 12.1 Å². The van der Waals surface area contributed by atoms with Crippen molar-refractivity contribution in [2.24, 2.45) is 7.05 Å². The van der Waals surface area contributed by atoms with Crippen LogP contribution in [-0.2, 0) is 13.6 Å². The Morgan fingerprint density at radius 3 is 2.52 bits per heavy atom. The Morgan fingerprint density at radius 1 is 1.16 bits per heavy atom. The quantitative estimate of drug-likeness (QED) is 0.632. The molecule has 9 nitrogen and oxygen atoms in total. The maximum Gasteiger partial charge on any atom is 0.335 e. The van der Waals surface area contributed by atoms with Gasteiger partial charge in [0.15, 0.2) is 11.2 Å². The molecule has 160 valence electrons. The van der Waals surface area contributed by atoms with Crippen molar-refractivity contribution in [1.29, 1.82) is 0 Å². The number of fused-ring (bicyclic) bond motifs is 1. The molecule has 0 unspecified atom stereocenters. The second-order valence-electron chi connectivity index (χ2n) is 7.33. The highest BCUT2D eigenvalue weighted by Crippen LogP contribution is 2.25. The summed E-state index contributed by atoms with van der Waals surface area (Å²) in [6.45, 7) is 3.87. The van der Waals surface area contributed by atoms with Crippen molar-refractivity contribution < 1.29 is 14.6 Å². The summed E-state index contributed by atoms with van der Waals surface area (Å²) >= 11 is 0. The van der Waals surface area contributed by atoms with E-state index in [1.54, 1.807) is 14.0 Å². The fourth-order valence-electron chi connectivity index (χ4n) is 3.63. The van der Waals surface area contributed by atoms with Gasteiger partial charge in [0.1, 0.15) is 5.75 Å². The maximum atomic E-state index is 13.2. The first kappa shape index (κ1) is 20.5. The van der Waals surface area contributed by atoms with Gasteiger partial charge in [-0.25, -0.2) is 4.79 Å². The predicted octanol–water partition coefficient (Wildman–Crippen LogP) is 2.63. The van der Waals surface area contributed by atoms with Crippen LogP contribution in [0.2, 0.25) is 0 Å². The number of carboxylic acid groups (broad SMARTS) is 1. The van der Waals surface area contributed by atoms with E-state index >= 15 is 0 Å². The number of aromatic nitrogens is 4. The Labute approximate surface area is 178 Å². The normalized spacial score (nSPS) is 13.7. The van der Waals surface area contributed by atoms with Crippen molar-refractivity contribution in [2.45, 2.75) is 32.7 Å². The van der Waals surface area contributed by atoms with E-state index in [0.717, 1.165) is 25.9 Å². The van der Waals surface area contributed by atoms with Gasteiger partial charge in [-0.1, -0.05) is 5.92 Å². The molecule has 1 aliphatic rings. The molecule has 1 N–H and O–H groups in total. The third kappa shape index (κ3) is 3.97. The molecular weight excluding hydrogens is 398 g/mol. The summed E-state index contributed by atoms with van der Waals surface area (Å²) in [5, 5.41) is 9.04. The van der Waals surface area contributed by atoms with Crippen molar-refractivity contribution in [3.05, 3.63) is 40.2 Å². The van der Waals surface area contributed by atoms with Crippen LogP contribution in [0, 0.1) is 11.8 Å². The smallest absolute Gasteiger partial charge is 0.335 e. The Bertz CT molecular complexity index is 1240. The molecule has 4 rings (SSSR count). The average Bonchev–Trinajstić information content (AvgIpc) is 3.15. The van der Waals surface area contributed by atoms with Crippen molar-refractivity contribution >= 4 is 23.1 Å². The number of hydrogen-bond donors (Lipinski definition) is 1. The molecule has 1 saturated heterocycles. The lowest BCUT2D eigenvalue weighted by atomic mass is 10.1. The van der Waals surface area contributed by atoms with Crippen molar-refractivity contribution in [3.63, 3.8) is 0 Å². The maximum absolute atomic E-state index is 13.2. The number of ether oxygens (including phenoxy) is 1. The number of rotatable bonds is 5. The highest BCUT2D eigenvalue weighted by molar-refractivity contribution is 5.87. The molecule has 0 amide bonds. The predicted molar refractivity (Wildman–Crippen MR) is 116 cm³/mol. The van der Waals surface area contributed by atoms with Gasteiger partial charge >= 0.3 is 12.0 Å². The zero-order valence-corrected chi connectivity index (χ0v) is 17.5. The van der Waals surface area contributed by atoms with Gasteiger partial charge in [-0.05, 0) is 50.5 Å². The minimum absolute atomic E-state index is 0.0806. The first-order valence-corrected chi connectivity index (χ1v) is 10.1. The SMILES string of the molecule is CC#CCn1c(N2CCCCC2)nc2nc(Oc3ccc(C(=O)O)cc3)n(C)c(=O)c21. The molecule has 3 heterocycles. The van der Waals surface area contributed by atoms with Crippen LogP contribution < -0.4 is 15.2 Å². The highest BCUT2D eigenvalue weighted by Gasteiger charge is 2.23. The third-order valence-corrected chi connectivity index (χ3v) is 5.29. The van der Waals surface area contributed by atoms with E-state index in [1.165, 1.54) is 35.3 Å². The Hall–Kier alpha value is -3.80. The van der Waals surface area contributed by atoms with Gasteiger partial charge in [0, 0.05) is 20.1 Å². The molecule has 31 heavy (non-hydrogen) atoms. The zero-order valence-electron chi connectivity index (χ0n) is 17.5. The van der Waals surface area contributed by atoms with Crippen LogP contribution in [0.15, 0.2) is 29.1 Å². The lowest BCUT2D eigenvalue weighted by Crippen LogP contribution is -2.32. The van der Waals surface area contributed by atoms with Crippen LogP contribution in [0.25, 0.3) is 11.2 Å². The number of aromatic carboxylic acids is 1. The summed E-state index contributed by atoms with van der Waals surface area (Å²) in [6.07, 6.45) is 3.34. The number of anilines is 1. The number of hydrogen-bond acceptors (Lipinski definition) is 6. The van der Waals surface area contributed by atoms with E-state index in [2.05, 4.69) is 26.7 Å². The fraction of sp³-hybridized carbons (Fsp3) is 0.364. The van der Waals surface area contributed by atoms with Gasteiger partial charge < -0.3 is 14.7 Å². The lowest BCUT2D eigenvalue weighted by molar-refractivity contribution is 0.0697. The molecule has 0 atom stereocenters. The number of carbonyl (C=O) groups is 1. The van der Waals surface area contributed by atoms with Gasteiger partial charge in [0.2, 0.25) is 5.95 Å². The van der Waals surface area contributed by atoms with E-state index in [9.17, 15) is 9.59 Å². The lowest BCUT2D eigenvalue weighted by Gasteiger charge is -2.27. The summed E-state index contributed by atoms with van der Waals surface area (Å²) in [5.41, 5.74) is 0.556. The molecule has 1 fully saturated rings. The molecule has 0 radical (unpaired) electrons. The molecule has 2 aromatic heterocycles. The summed E-state index contributed by atoms with van der Waals surface area (Å²) in [4.78, 5) is 35.6. The van der Waals surface area contributed by atoms with Crippen LogP contribution in [0.4, 0.5) is 5.95 Å². The van der Waals surface area contributed by atoms with Gasteiger partial charge in [-0.3, -0.25) is 13.9 Å². The molecule has 1 aliphatic heterocycles. The van der Waals surface area contributed by atoms with Crippen LogP contribution in [0.3, 0.4) is 0 Å². The van der Waals surface area contributed by atoms with Crippen molar-refractivity contribution in [2.75, 3.05) is 18.0 Å². The number of nitrogens with zero attached hydrogens (tertiary/aromatic N) is 5. The third-order valence-electron chi connectivity index (χ3n) is 5.29. The van der Waals surface area contributed by atoms with Crippen LogP contribution >= 0.6 is 0 Å².